The van der Waals surface area contributed by atoms with E-state index in [9.17, 15) is 0 Å². The Hall–Kier alpha value is -1.23. The van der Waals surface area contributed by atoms with Crippen molar-refractivity contribution in [3.8, 4) is 0 Å². The third kappa shape index (κ3) is 1.96. The van der Waals surface area contributed by atoms with Crippen LogP contribution < -0.4 is 5.73 Å². The van der Waals surface area contributed by atoms with Crippen molar-refractivity contribution in [3.05, 3.63) is 18.5 Å². The van der Waals surface area contributed by atoms with E-state index in [0.717, 1.165) is 16.3 Å². The minimum absolute atomic E-state index is 0.489. The van der Waals surface area contributed by atoms with Gasteiger partial charge in [0, 0.05) is 17.5 Å². The molecule has 2 aromatic rings. The molecule has 3 rings (SSSR count). The van der Waals surface area contributed by atoms with Crippen molar-refractivity contribution in [2.45, 2.75) is 37.0 Å². The van der Waals surface area contributed by atoms with Crippen LogP contribution in [0.2, 0.25) is 0 Å². The number of thioether (sulfide) groups is 1. The Kier molecular flexibility index (Phi) is 3.16. The lowest BCUT2D eigenvalue weighted by atomic mass is 9.94. The number of hydrogen-bond donors (Lipinski definition) is 1. The van der Waals surface area contributed by atoms with Crippen molar-refractivity contribution in [1.82, 2.24) is 14.5 Å². The average molecular weight is 262 g/mol. The van der Waals surface area contributed by atoms with Gasteiger partial charge in [-0.25, -0.2) is 4.98 Å². The van der Waals surface area contributed by atoms with Gasteiger partial charge in [-0.1, -0.05) is 6.42 Å². The van der Waals surface area contributed by atoms with Gasteiger partial charge in [0.1, 0.15) is 5.52 Å². The van der Waals surface area contributed by atoms with E-state index >= 15 is 0 Å². The first-order valence-corrected chi connectivity index (χ1v) is 7.68. The van der Waals surface area contributed by atoms with Crippen molar-refractivity contribution in [2.75, 3.05) is 12.0 Å². The molecule has 1 fully saturated rings. The number of imidazole rings is 1. The summed E-state index contributed by atoms with van der Waals surface area (Å²) >= 11 is 1.97. The van der Waals surface area contributed by atoms with Gasteiger partial charge in [0.15, 0.2) is 0 Å². The molecule has 18 heavy (non-hydrogen) atoms. The molecule has 0 bridgehead atoms. The van der Waals surface area contributed by atoms with E-state index in [0.29, 0.717) is 12.0 Å². The molecule has 0 radical (unpaired) electrons. The van der Waals surface area contributed by atoms with Crippen LogP contribution in [-0.2, 0) is 0 Å². The maximum Gasteiger partial charge on any atom is 0.201 e. The van der Waals surface area contributed by atoms with Crippen molar-refractivity contribution in [2.24, 2.45) is 0 Å². The standard InChI is InChI=1S/C13H18N4S/c1-18-10-4-2-3-9(7-10)17-12-5-6-15-8-11(12)16-13(17)14/h5-6,8-10H,2-4,7H2,1H3,(H2,14,16). The highest BCUT2D eigenvalue weighted by Crippen LogP contribution is 2.37. The van der Waals surface area contributed by atoms with Crippen molar-refractivity contribution < 1.29 is 0 Å². The zero-order chi connectivity index (χ0) is 12.5. The summed E-state index contributed by atoms with van der Waals surface area (Å²) < 4.78 is 2.21. The number of fused-ring (bicyclic) bond motifs is 1. The highest BCUT2D eigenvalue weighted by atomic mass is 32.2. The van der Waals surface area contributed by atoms with Crippen LogP contribution in [0.5, 0.6) is 0 Å². The molecule has 0 aromatic carbocycles. The smallest absolute Gasteiger partial charge is 0.201 e. The minimum atomic E-state index is 0.489. The second-order valence-corrected chi connectivity index (χ2v) is 6.02. The van der Waals surface area contributed by atoms with Crippen LogP contribution in [0.15, 0.2) is 18.5 Å². The molecule has 4 nitrogen and oxygen atoms in total. The van der Waals surface area contributed by atoms with Gasteiger partial charge in [0.25, 0.3) is 0 Å². The van der Waals surface area contributed by atoms with Crippen molar-refractivity contribution in [1.29, 1.82) is 0 Å². The van der Waals surface area contributed by atoms with Gasteiger partial charge < -0.3 is 10.3 Å². The molecule has 0 amide bonds. The first-order valence-electron chi connectivity index (χ1n) is 6.40. The lowest BCUT2D eigenvalue weighted by molar-refractivity contribution is 0.371. The van der Waals surface area contributed by atoms with Crippen LogP contribution >= 0.6 is 11.8 Å². The molecular formula is C13H18N4S. The number of nitrogen functional groups attached to an aromatic ring is 1. The second-order valence-electron chi connectivity index (χ2n) is 4.88. The van der Waals surface area contributed by atoms with Gasteiger partial charge >= 0.3 is 0 Å². The Labute approximate surface area is 111 Å². The number of pyridine rings is 1. The van der Waals surface area contributed by atoms with Gasteiger partial charge in [-0.3, -0.25) is 4.98 Å². The number of hydrogen-bond acceptors (Lipinski definition) is 4. The summed E-state index contributed by atoms with van der Waals surface area (Å²) in [5, 5.41) is 0.752. The molecule has 2 atom stereocenters. The van der Waals surface area contributed by atoms with E-state index < -0.39 is 0 Å². The van der Waals surface area contributed by atoms with E-state index in [-0.39, 0.29) is 0 Å². The fourth-order valence-electron chi connectivity index (χ4n) is 2.92. The number of aromatic nitrogens is 3. The topological polar surface area (TPSA) is 56.7 Å². The van der Waals surface area contributed by atoms with Gasteiger partial charge in [-0.15, -0.1) is 0 Å². The Morgan fingerprint density at radius 3 is 3.17 bits per heavy atom. The summed E-state index contributed by atoms with van der Waals surface area (Å²) in [5.74, 6) is 0.629. The average Bonchev–Trinajstić information content (AvgIpc) is 2.74. The fraction of sp³-hybridized carbons (Fsp3) is 0.538. The quantitative estimate of drug-likeness (QED) is 0.904. The van der Waals surface area contributed by atoms with Crippen molar-refractivity contribution >= 4 is 28.7 Å². The summed E-state index contributed by atoms with van der Waals surface area (Å²) in [7, 11) is 0. The van der Waals surface area contributed by atoms with Gasteiger partial charge in [-0.05, 0) is 31.6 Å². The lowest BCUT2D eigenvalue weighted by Crippen LogP contribution is -2.21. The maximum absolute atomic E-state index is 6.09. The largest absolute Gasteiger partial charge is 0.369 e. The summed E-state index contributed by atoms with van der Waals surface area (Å²) in [5.41, 5.74) is 8.11. The molecule has 0 saturated heterocycles. The predicted octanol–water partition coefficient (Wildman–Crippen LogP) is 2.86. The van der Waals surface area contributed by atoms with Crippen LogP contribution in [-0.4, -0.2) is 26.0 Å². The molecule has 0 spiro atoms. The molecule has 1 aliphatic rings. The molecule has 5 heteroatoms. The Bertz CT molecular complexity index is 551. The number of nitrogens with zero attached hydrogens (tertiary/aromatic N) is 3. The fourth-order valence-corrected chi connectivity index (χ4v) is 3.74. The van der Waals surface area contributed by atoms with Gasteiger partial charge in [0.05, 0.1) is 11.7 Å². The number of rotatable bonds is 2. The highest BCUT2D eigenvalue weighted by molar-refractivity contribution is 7.99. The first-order chi connectivity index (χ1) is 8.79. The summed E-state index contributed by atoms with van der Waals surface area (Å²) in [6, 6.07) is 2.50. The molecule has 0 aliphatic heterocycles. The summed E-state index contributed by atoms with van der Waals surface area (Å²) in [6.45, 7) is 0. The Morgan fingerprint density at radius 2 is 2.33 bits per heavy atom. The summed E-state index contributed by atoms with van der Waals surface area (Å²) in [6.07, 6.45) is 10.8. The molecular weight excluding hydrogens is 244 g/mol. The summed E-state index contributed by atoms with van der Waals surface area (Å²) in [4.78, 5) is 8.52. The van der Waals surface area contributed by atoms with Crippen LogP contribution in [0.1, 0.15) is 31.7 Å². The van der Waals surface area contributed by atoms with Crippen LogP contribution in [0.25, 0.3) is 11.0 Å². The molecule has 1 saturated carbocycles. The van der Waals surface area contributed by atoms with Gasteiger partial charge in [0.2, 0.25) is 5.95 Å². The van der Waals surface area contributed by atoms with Crippen LogP contribution in [0, 0.1) is 0 Å². The monoisotopic (exact) mass is 262 g/mol. The van der Waals surface area contributed by atoms with Crippen molar-refractivity contribution in [3.63, 3.8) is 0 Å². The zero-order valence-electron chi connectivity index (χ0n) is 10.5. The predicted molar refractivity (Wildman–Crippen MR) is 76.7 cm³/mol. The third-order valence-electron chi connectivity index (χ3n) is 3.82. The minimum Gasteiger partial charge on any atom is -0.369 e. The number of nitrogens with two attached hydrogens (primary N) is 1. The molecule has 96 valence electrons. The molecule has 2 unspecified atom stereocenters. The molecule has 2 aromatic heterocycles. The zero-order valence-corrected chi connectivity index (χ0v) is 11.4. The van der Waals surface area contributed by atoms with E-state index in [2.05, 4.69) is 20.8 Å². The normalized spacial score (nSPS) is 24.5. The highest BCUT2D eigenvalue weighted by Gasteiger charge is 2.25. The lowest BCUT2D eigenvalue weighted by Gasteiger charge is -2.29. The SMILES string of the molecule is CSC1CCCC(n2c(N)nc3cnccc32)C1. The molecule has 2 N–H and O–H groups in total. The number of anilines is 1. The third-order valence-corrected chi connectivity index (χ3v) is 4.91. The molecule has 2 heterocycles. The maximum atomic E-state index is 6.09. The van der Waals surface area contributed by atoms with Crippen LogP contribution in [0.4, 0.5) is 5.95 Å². The Balaban J connectivity index is 2.00. The van der Waals surface area contributed by atoms with Gasteiger partial charge in [-0.2, -0.15) is 11.8 Å². The first kappa shape index (κ1) is 11.8. The second kappa shape index (κ2) is 4.80. The van der Waals surface area contributed by atoms with E-state index in [1.165, 1.54) is 25.7 Å². The van der Waals surface area contributed by atoms with E-state index in [1.54, 1.807) is 6.20 Å². The Morgan fingerprint density at radius 1 is 1.44 bits per heavy atom. The van der Waals surface area contributed by atoms with E-state index in [1.807, 2.05) is 24.0 Å². The van der Waals surface area contributed by atoms with E-state index in [4.69, 9.17) is 5.73 Å². The van der Waals surface area contributed by atoms with Crippen LogP contribution in [0.3, 0.4) is 0 Å². The molecule has 1 aliphatic carbocycles.